The van der Waals surface area contributed by atoms with Crippen LogP contribution in [0.25, 0.3) is 0 Å². The van der Waals surface area contributed by atoms with E-state index >= 15 is 0 Å². The van der Waals surface area contributed by atoms with Gasteiger partial charge in [0, 0.05) is 17.6 Å². The first kappa shape index (κ1) is 12.8. The van der Waals surface area contributed by atoms with Crippen molar-refractivity contribution in [2.24, 2.45) is 0 Å². The Labute approximate surface area is 116 Å². The highest BCUT2D eigenvalue weighted by molar-refractivity contribution is 7.09. The van der Waals surface area contributed by atoms with Crippen LogP contribution in [0.1, 0.15) is 36.1 Å². The summed E-state index contributed by atoms with van der Waals surface area (Å²) >= 11 is 1.69. The summed E-state index contributed by atoms with van der Waals surface area (Å²) in [5, 5.41) is 13.3. The standard InChI is InChI=1S/C14H18N2O2S/c17-12(13-4-2-7-18-13)9-11-3-1-6-16(11)10-14-15-5-8-19-14/h2,4-5,7-8,11-12,17H,1,3,6,9-10H2. The van der Waals surface area contributed by atoms with Crippen molar-refractivity contribution in [1.82, 2.24) is 9.88 Å². The number of furan rings is 1. The Morgan fingerprint density at radius 2 is 2.53 bits per heavy atom. The maximum absolute atomic E-state index is 10.2. The minimum absolute atomic E-state index is 0.420. The van der Waals surface area contributed by atoms with Crippen LogP contribution in [-0.4, -0.2) is 27.6 Å². The van der Waals surface area contributed by atoms with E-state index in [1.807, 2.05) is 23.7 Å². The van der Waals surface area contributed by atoms with Crippen molar-refractivity contribution in [3.05, 3.63) is 40.7 Å². The van der Waals surface area contributed by atoms with E-state index in [9.17, 15) is 5.11 Å². The number of aliphatic hydroxyl groups is 1. The molecule has 0 saturated carbocycles. The largest absolute Gasteiger partial charge is 0.467 e. The molecule has 102 valence electrons. The van der Waals surface area contributed by atoms with Gasteiger partial charge >= 0.3 is 0 Å². The van der Waals surface area contributed by atoms with Gasteiger partial charge in [-0.15, -0.1) is 11.3 Å². The topological polar surface area (TPSA) is 49.5 Å². The van der Waals surface area contributed by atoms with Crippen LogP contribution < -0.4 is 0 Å². The lowest BCUT2D eigenvalue weighted by Gasteiger charge is -2.24. The van der Waals surface area contributed by atoms with Crippen molar-refractivity contribution in [2.75, 3.05) is 6.54 Å². The van der Waals surface area contributed by atoms with Gasteiger partial charge in [-0.25, -0.2) is 4.98 Å². The number of likely N-dealkylation sites (tertiary alicyclic amines) is 1. The highest BCUT2D eigenvalue weighted by Gasteiger charge is 2.28. The van der Waals surface area contributed by atoms with Gasteiger partial charge in [0.25, 0.3) is 0 Å². The zero-order valence-corrected chi connectivity index (χ0v) is 11.6. The van der Waals surface area contributed by atoms with Gasteiger partial charge in [-0.1, -0.05) is 0 Å². The molecule has 19 heavy (non-hydrogen) atoms. The van der Waals surface area contributed by atoms with E-state index in [0.29, 0.717) is 11.8 Å². The number of aliphatic hydroxyl groups excluding tert-OH is 1. The SMILES string of the molecule is OC(CC1CCCN1Cc1nccs1)c1ccco1. The lowest BCUT2D eigenvalue weighted by atomic mass is 10.1. The van der Waals surface area contributed by atoms with Crippen molar-refractivity contribution < 1.29 is 9.52 Å². The first-order chi connectivity index (χ1) is 9.33. The van der Waals surface area contributed by atoms with Crippen molar-refractivity contribution in [3.63, 3.8) is 0 Å². The third-order valence-electron chi connectivity index (χ3n) is 3.69. The summed E-state index contributed by atoms with van der Waals surface area (Å²) in [6, 6.07) is 4.08. The number of nitrogens with zero attached hydrogens (tertiary/aromatic N) is 2. The molecule has 1 fully saturated rings. The summed E-state index contributed by atoms with van der Waals surface area (Å²) in [6.07, 6.45) is 6.03. The van der Waals surface area contributed by atoms with Crippen molar-refractivity contribution in [2.45, 2.75) is 38.0 Å². The molecule has 0 aliphatic carbocycles. The smallest absolute Gasteiger partial charge is 0.132 e. The molecular formula is C14H18N2O2S. The van der Waals surface area contributed by atoms with Crippen molar-refractivity contribution in [3.8, 4) is 0 Å². The minimum Gasteiger partial charge on any atom is -0.467 e. The van der Waals surface area contributed by atoms with E-state index in [-0.39, 0.29) is 0 Å². The summed E-state index contributed by atoms with van der Waals surface area (Å²) in [5.74, 6) is 0.668. The Kier molecular flexibility index (Phi) is 3.96. The molecule has 4 nitrogen and oxygen atoms in total. The molecule has 3 rings (SSSR count). The third-order valence-corrected chi connectivity index (χ3v) is 4.45. The molecule has 2 atom stereocenters. The Morgan fingerprint density at radius 3 is 3.26 bits per heavy atom. The molecule has 0 aromatic carbocycles. The Hall–Kier alpha value is -1.17. The van der Waals surface area contributed by atoms with Crippen LogP contribution in [0.4, 0.5) is 0 Å². The normalized spacial score (nSPS) is 21.8. The van der Waals surface area contributed by atoms with Crippen LogP contribution in [-0.2, 0) is 6.54 Å². The molecule has 1 aliphatic rings. The molecule has 0 amide bonds. The Morgan fingerprint density at radius 1 is 1.58 bits per heavy atom. The second kappa shape index (κ2) is 5.86. The summed E-state index contributed by atoms with van der Waals surface area (Å²) in [6.45, 7) is 1.99. The van der Waals surface area contributed by atoms with E-state index in [2.05, 4.69) is 9.88 Å². The quantitative estimate of drug-likeness (QED) is 0.913. The predicted molar refractivity (Wildman–Crippen MR) is 73.8 cm³/mol. The van der Waals surface area contributed by atoms with Gasteiger partial charge in [0.1, 0.15) is 16.9 Å². The van der Waals surface area contributed by atoms with Gasteiger partial charge < -0.3 is 9.52 Å². The second-order valence-electron chi connectivity index (χ2n) is 4.96. The number of aromatic nitrogens is 1. The molecule has 2 aromatic rings. The van der Waals surface area contributed by atoms with E-state index in [4.69, 9.17) is 4.42 Å². The zero-order valence-electron chi connectivity index (χ0n) is 10.7. The fourth-order valence-corrected chi connectivity index (χ4v) is 3.37. The van der Waals surface area contributed by atoms with Crippen LogP contribution in [0.5, 0.6) is 0 Å². The fourth-order valence-electron chi connectivity index (χ4n) is 2.73. The predicted octanol–water partition coefficient (Wildman–Crippen LogP) is 2.82. The van der Waals surface area contributed by atoms with Crippen LogP contribution >= 0.6 is 11.3 Å². The average Bonchev–Trinajstić information content (AvgIpc) is 3.12. The monoisotopic (exact) mass is 278 g/mol. The number of rotatable bonds is 5. The molecule has 0 spiro atoms. The summed E-state index contributed by atoms with van der Waals surface area (Å²) in [5.41, 5.74) is 0. The maximum Gasteiger partial charge on any atom is 0.132 e. The van der Waals surface area contributed by atoms with E-state index in [1.54, 1.807) is 17.6 Å². The molecule has 0 bridgehead atoms. The van der Waals surface area contributed by atoms with Crippen molar-refractivity contribution >= 4 is 11.3 Å². The van der Waals surface area contributed by atoms with Gasteiger partial charge in [0.2, 0.25) is 0 Å². The molecule has 3 heterocycles. The van der Waals surface area contributed by atoms with Crippen LogP contribution in [0, 0.1) is 0 Å². The second-order valence-corrected chi connectivity index (χ2v) is 5.94. The number of thiazole rings is 1. The molecule has 5 heteroatoms. The molecular weight excluding hydrogens is 260 g/mol. The van der Waals surface area contributed by atoms with Crippen LogP contribution in [0.2, 0.25) is 0 Å². The van der Waals surface area contributed by atoms with Gasteiger partial charge in [-0.2, -0.15) is 0 Å². The van der Waals surface area contributed by atoms with Crippen LogP contribution in [0.3, 0.4) is 0 Å². The lowest BCUT2D eigenvalue weighted by Crippen LogP contribution is -2.30. The molecule has 1 aliphatic heterocycles. The highest BCUT2D eigenvalue weighted by atomic mass is 32.1. The summed E-state index contributed by atoms with van der Waals surface area (Å²) in [4.78, 5) is 6.76. The van der Waals surface area contributed by atoms with E-state index in [0.717, 1.165) is 30.9 Å². The van der Waals surface area contributed by atoms with Gasteiger partial charge in [0.05, 0.1) is 12.8 Å². The first-order valence-corrected chi connectivity index (χ1v) is 7.55. The molecule has 2 aromatic heterocycles. The third kappa shape index (κ3) is 3.05. The minimum atomic E-state index is -0.503. The van der Waals surface area contributed by atoms with Gasteiger partial charge in [0.15, 0.2) is 0 Å². The first-order valence-electron chi connectivity index (χ1n) is 6.67. The molecule has 1 saturated heterocycles. The average molecular weight is 278 g/mol. The fraction of sp³-hybridized carbons (Fsp3) is 0.500. The van der Waals surface area contributed by atoms with Crippen LogP contribution in [0.15, 0.2) is 34.4 Å². The Balaban J connectivity index is 1.60. The van der Waals surface area contributed by atoms with E-state index < -0.39 is 6.10 Å². The highest BCUT2D eigenvalue weighted by Crippen LogP contribution is 2.28. The number of hydrogen-bond acceptors (Lipinski definition) is 5. The summed E-state index contributed by atoms with van der Waals surface area (Å²) in [7, 11) is 0. The van der Waals surface area contributed by atoms with E-state index in [1.165, 1.54) is 6.42 Å². The Bertz CT molecular complexity index is 484. The maximum atomic E-state index is 10.2. The molecule has 0 radical (unpaired) electrons. The molecule has 1 N–H and O–H groups in total. The zero-order chi connectivity index (χ0) is 13.1. The van der Waals surface area contributed by atoms with Gasteiger partial charge in [-0.3, -0.25) is 4.90 Å². The molecule has 2 unspecified atom stereocenters. The number of hydrogen-bond donors (Lipinski definition) is 1. The lowest BCUT2D eigenvalue weighted by molar-refractivity contribution is 0.0995. The summed E-state index contributed by atoms with van der Waals surface area (Å²) < 4.78 is 5.27. The van der Waals surface area contributed by atoms with Gasteiger partial charge in [-0.05, 0) is 37.9 Å². The van der Waals surface area contributed by atoms with Crippen molar-refractivity contribution in [1.29, 1.82) is 0 Å².